The monoisotopic (exact) mass is 257 g/mol. The van der Waals surface area contributed by atoms with Gasteiger partial charge in [-0.3, -0.25) is 0 Å². The van der Waals surface area contributed by atoms with Crippen molar-refractivity contribution in [1.29, 1.82) is 0 Å². The van der Waals surface area contributed by atoms with Crippen LogP contribution in [0.3, 0.4) is 0 Å². The minimum Gasteiger partial charge on any atom is -0.392 e. The predicted octanol–water partition coefficient (Wildman–Crippen LogP) is 2.29. The molecule has 8 heteroatoms. The fourth-order valence-electron chi connectivity index (χ4n) is 0.0745. The Hall–Kier alpha value is 0.850. The van der Waals surface area contributed by atoms with Crippen molar-refractivity contribution in [3.05, 3.63) is 0 Å². The van der Waals surface area contributed by atoms with Gasteiger partial charge in [0.15, 0.2) is 0 Å². The second-order valence-corrected chi connectivity index (χ2v) is 5.06. The number of hydrogen-bond donors (Lipinski definition) is 1. The third-order valence-electron chi connectivity index (χ3n) is 0.477. The van der Waals surface area contributed by atoms with Crippen molar-refractivity contribution >= 4 is 43.1 Å². The van der Waals surface area contributed by atoms with Crippen molar-refractivity contribution in [3.63, 3.8) is 0 Å². The van der Waals surface area contributed by atoms with Crippen LogP contribution in [0.4, 0.5) is 0 Å². The first-order chi connectivity index (χ1) is 5.37. The van der Waals surface area contributed by atoms with E-state index in [2.05, 4.69) is 9.05 Å². The summed E-state index contributed by atoms with van der Waals surface area (Å²) in [6.45, 7) is -0.433. The van der Waals surface area contributed by atoms with Gasteiger partial charge in [0.25, 0.3) is 0 Å². The Morgan fingerprint density at radius 1 is 1.33 bits per heavy atom. The first-order valence-electron chi connectivity index (χ1n) is 2.60. The average molecular weight is 258 g/mol. The Morgan fingerprint density at radius 3 is 1.58 bits per heavy atom. The zero-order valence-corrected chi connectivity index (χ0v) is 9.62. The van der Waals surface area contributed by atoms with Crippen molar-refractivity contribution in [2.45, 2.75) is 3.79 Å². The van der Waals surface area contributed by atoms with E-state index in [4.69, 9.17) is 39.9 Å². The zero-order valence-electron chi connectivity index (χ0n) is 6.46. The first kappa shape index (κ1) is 15.3. The van der Waals surface area contributed by atoms with Gasteiger partial charge < -0.3 is 5.11 Å². The van der Waals surface area contributed by atoms with Crippen molar-refractivity contribution in [3.8, 4) is 0 Å². The van der Waals surface area contributed by atoms with Gasteiger partial charge in [-0.2, -0.15) is 0 Å². The van der Waals surface area contributed by atoms with E-state index >= 15 is 0 Å². The van der Waals surface area contributed by atoms with Crippen molar-refractivity contribution in [1.82, 2.24) is 0 Å². The van der Waals surface area contributed by atoms with E-state index in [-0.39, 0.29) is 0 Å². The lowest BCUT2D eigenvalue weighted by Gasteiger charge is -2.01. The van der Waals surface area contributed by atoms with Gasteiger partial charge in [-0.25, -0.2) is 0 Å². The number of alkyl halides is 3. The Morgan fingerprint density at radius 2 is 1.58 bits per heavy atom. The van der Waals surface area contributed by atoms with Crippen LogP contribution in [-0.2, 0) is 13.6 Å². The zero-order chi connectivity index (χ0) is 10.2. The topological polar surface area (TPSA) is 55.8 Å². The van der Waals surface area contributed by atoms with Crippen LogP contribution in [0, 0.1) is 0 Å². The molecule has 0 saturated carbocycles. The molecule has 0 aliphatic rings. The Bertz CT molecular complexity index is 120. The number of halogens is 3. The third kappa shape index (κ3) is 17.1. The van der Waals surface area contributed by atoms with Gasteiger partial charge in [-0.1, -0.05) is 34.8 Å². The molecule has 0 unspecified atom stereocenters. The first-order valence-corrected chi connectivity index (χ1v) is 4.83. The molecule has 0 fully saturated rings. The van der Waals surface area contributed by atoms with Crippen molar-refractivity contribution in [2.24, 2.45) is 0 Å². The summed E-state index contributed by atoms with van der Waals surface area (Å²) in [5.41, 5.74) is 0. The fourth-order valence-corrected chi connectivity index (χ4v) is 0.224. The summed E-state index contributed by atoms with van der Waals surface area (Å²) in [6.07, 6.45) is 0. The molecule has 0 atom stereocenters. The van der Waals surface area contributed by atoms with Gasteiger partial charge in [0.1, 0.15) is 0 Å². The lowest BCUT2D eigenvalue weighted by atomic mass is 10.9. The number of hydrogen-bond acceptors (Lipinski definition) is 4. The SMILES string of the molecule is CO[P+](=O)OC.OCC(Cl)(Cl)Cl. The molecule has 0 saturated heterocycles. The van der Waals surface area contributed by atoms with Crippen LogP contribution in [0.25, 0.3) is 0 Å². The summed E-state index contributed by atoms with van der Waals surface area (Å²) in [5.74, 6) is 0. The molecule has 0 rings (SSSR count). The van der Waals surface area contributed by atoms with E-state index in [1.165, 1.54) is 14.2 Å². The van der Waals surface area contributed by atoms with Crippen LogP contribution in [0.1, 0.15) is 0 Å². The molecule has 0 aliphatic carbocycles. The minimum atomic E-state index is -1.83. The molecular weight excluding hydrogens is 249 g/mol. The molecule has 0 aromatic rings. The highest BCUT2D eigenvalue weighted by atomic mass is 35.6. The van der Waals surface area contributed by atoms with Crippen LogP contribution in [0.15, 0.2) is 0 Å². The standard InChI is InChI=1S/C2H3Cl3O.C2H6O3P/c3-2(4,5)1-6;1-4-6(3)5-2/h6H,1H2;1-2H3/q;+1. The van der Waals surface area contributed by atoms with Gasteiger partial charge in [-0.05, 0) is 0 Å². The fraction of sp³-hybridized carbons (Fsp3) is 1.00. The predicted molar refractivity (Wildman–Crippen MR) is 49.0 cm³/mol. The molecule has 0 aromatic carbocycles. The second-order valence-electron chi connectivity index (χ2n) is 1.36. The second kappa shape index (κ2) is 8.45. The molecule has 0 spiro atoms. The van der Waals surface area contributed by atoms with Gasteiger partial charge in [0.05, 0.1) is 20.8 Å². The Balaban J connectivity index is 0. The van der Waals surface area contributed by atoms with Gasteiger partial charge in [0, 0.05) is 4.57 Å². The molecular formula is C4H9Cl3O4P+. The summed E-state index contributed by atoms with van der Waals surface area (Å²) in [6, 6.07) is 0. The number of aliphatic hydroxyl groups excluding tert-OH is 1. The number of aliphatic hydroxyl groups is 1. The maximum atomic E-state index is 9.88. The van der Waals surface area contributed by atoms with Crippen LogP contribution in [0.5, 0.6) is 0 Å². The normalized spacial score (nSPS) is 10.2. The van der Waals surface area contributed by atoms with Gasteiger partial charge in [0.2, 0.25) is 3.79 Å². The highest BCUT2D eigenvalue weighted by Gasteiger charge is 2.16. The van der Waals surface area contributed by atoms with E-state index in [1.807, 2.05) is 0 Å². The Labute approximate surface area is 86.6 Å². The van der Waals surface area contributed by atoms with E-state index in [0.717, 1.165) is 0 Å². The highest BCUT2D eigenvalue weighted by Crippen LogP contribution is 2.23. The summed E-state index contributed by atoms with van der Waals surface area (Å²) >= 11 is 15.0. The van der Waals surface area contributed by atoms with Crippen LogP contribution >= 0.6 is 43.1 Å². The summed E-state index contributed by atoms with van der Waals surface area (Å²) < 4.78 is 16.8. The van der Waals surface area contributed by atoms with Crippen molar-refractivity contribution in [2.75, 3.05) is 20.8 Å². The third-order valence-corrected chi connectivity index (χ3v) is 1.43. The van der Waals surface area contributed by atoms with E-state index in [0.29, 0.717) is 0 Å². The van der Waals surface area contributed by atoms with E-state index in [1.54, 1.807) is 0 Å². The highest BCUT2D eigenvalue weighted by molar-refractivity contribution is 7.33. The van der Waals surface area contributed by atoms with E-state index in [9.17, 15) is 4.57 Å². The maximum Gasteiger partial charge on any atom is 0.696 e. The van der Waals surface area contributed by atoms with Crippen LogP contribution in [0.2, 0.25) is 0 Å². The minimum absolute atomic E-state index is 0.433. The molecule has 0 bridgehead atoms. The molecule has 0 heterocycles. The average Bonchev–Trinajstić information content (AvgIpc) is 2.03. The van der Waals surface area contributed by atoms with Gasteiger partial charge >= 0.3 is 8.25 Å². The molecule has 4 nitrogen and oxygen atoms in total. The molecule has 12 heavy (non-hydrogen) atoms. The lowest BCUT2D eigenvalue weighted by Crippen LogP contribution is -2.06. The molecule has 0 amide bonds. The molecule has 1 N–H and O–H groups in total. The molecule has 74 valence electrons. The summed E-state index contributed by atoms with van der Waals surface area (Å²) in [7, 11) is 0.817. The number of rotatable bonds is 2. The molecule has 0 aliphatic heterocycles. The molecule has 0 radical (unpaired) electrons. The smallest absolute Gasteiger partial charge is 0.392 e. The summed E-state index contributed by atoms with van der Waals surface area (Å²) in [5, 5.41) is 8.01. The maximum absolute atomic E-state index is 9.88. The van der Waals surface area contributed by atoms with E-state index < -0.39 is 18.7 Å². The summed E-state index contributed by atoms with van der Waals surface area (Å²) in [4.78, 5) is 0. The van der Waals surface area contributed by atoms with Gasteiger partial charge in [-0.15, -0.1) is 9.05 Å². The molecule has 0 aromatic heterocycles. The van der Waals surface area contributed by atoms with Crippen molar-refractivity contribution < 1.29 is 18.7 Å². The largest absolute Gasteiger partial charge is 0.696 e. The lowest BCUT2D eigenvalue weighted by molar-refractivity contribution is 0.302. The Kier molecular flexibility index (Phi) is 10.8. The van der Waals surface area contributed by atoms with Crippen LogP contribution in [-0.4, -0.2) is 29.7 Å². The quantitative estimate of drug-likeness (QED) is 0.610. The van der Waals surface area contributed by atoms with Crippen LogP contribution < -0.4 is 0 Å².